The van der Waals surface area contributed by atoms with Crippen molar-refractivity contribution in [2.45, 2.75) is 6.92 Å². The zero-order valence-electron chi connectivity index (χ0n) is 10.4. The lowest BCUT2D eigenvalue weighted by molar-refractivity contribution is 0.102. The maximum atomic E-state index is 12.2. The standard InChI is InChI=1S/C13H11IN4O/c1-8-4-3-5-10(11(8)14)13(19)17-12-9(6-15)7-16-18(12)2/h3-5,7H,1-2H3,(H,17,19). The van der Waals surface area contributed by atoms with Gasteiger partial charge < -0.3 is 5.32 Å². The molecule has 1 aromatic heterocycles. The molecule has 1 N–H and O–H groups in total. The molecule has 1 amide bonds. The maximum absolute atomic E-state index is 12.2. The van der Waals surface area contributed by atoms with Gasteiger partial charge in [0.2, 0.25) is 0 Å². The number of carbonyl (C=O) groups is 1. The molecule has 0 aliphatic rings. The molecule has 6 heteroatoms. The normalized spacial score (nSPS) is 10.0. The fourth-order valence-corrected chi connectivity index (χ4v) is 2.27. The zero-order chi connectivity index (χ0) is 14.0. The smallest absolute Gasteiger partial charge is 0.257 e. The highest BCUT2D eigenvalue weighted by atomic mass is 127. The lowest BCUT2D eigenvalue weighted by atomic mass is 10.1. The Hall–Kier alpha value is -1.88. The van der Waals surface area contributed by atoms with Crippen LogP contribution in [0, 0.1) is 21.8 Å². The van der Waals surface area contributed by atoms with Crippen LogP contribution in [0.3, 0.4) is 0 Å². The highest BCUT2D eigenvalue weighted by molar-refractivity contribution is 14.1. The molecule has 2 rings (SSSR count). The van der Waals surface area contributed by atoms with Gasteiger partial charge >= 0.3 is 0 Å². The molecule has 1 heterocycles. The van der Waals surface area contributed by atoms with Crippen LogP contribution in [0.25, 0.3) is 0 Å². The van der Waals surface area contributed by atoms with Gasteiger partial charge in [-0.25, -0.2) is 0 Å². The van der Waals surface area contributed by atoms with Crippen LogP contribution in [0.2, 0.25) is 0 Å². The van der Waals surface area contributed by atoms with Gasteiger partial charge in [0, 0.05) is 10.6 Å². The Morgan fingerprint density at radius 3 is 2.95 bits per heavy atom. The predicted octanol–water partition coefficient (Wildman–Crippen LogP) is 2.46. The summed E-state index contributed by atoms with van der Waals surface area (Å²) in [6.07, 6.45) is 1.43. The lowest BCUT2D eigenvalue weighted by Gasteiger charge is -2.09. The van der Waals surface area contributed by atoms with Crippen LogP contribution in [-0.2, 0) is 7.05 Å². The molecule has 0 aliphatic carbocycles. The van der Waals surface area contributed by atoms with E-state index in [-0.39, 0.29) is 5.91 Å². The number of nitrogens with one attached hydrogen (secondary N) is 1. The molecule has 2 aromatic rings. The number of amides is 1. The van der Waals surface area contributed by atoms with E-state index in [1.54, 1.807) is 13.1 Å². The summed E-state index contributed by atoms with van der Waals surface area (Å²) >= 11 is 2.14. The van der Waals surface area contributed by atoms with Crippen molar-refractivity contribution in [3.63, 3.8) is 0 Å². The Morgan fingerprint density at radius 2 is 2.26 bits per heavy atom. The quantitative estimate of drug-likeness (QED) is 0.831. The Morgan fingerprint density at radius 1 is 1.53 bits per heavy atom. The molecule has 19 heavy (non-hydrogen) atoms. The number of anilines is 1. The van der Waals surface area contributed by atoms with Crippen LogP contribution >= 0.6 is 22.6 Å². The molecule has 0 radical (unpaired) electrons. The Balaban J connectivity index is 2.34. The second-order valence-corrected chi connectivity index (χ2v) is 5.11. The van der Waals surface area contributed by atoms with Crippen LogP contribution in [-0.4, -0.2) is 15.7 Å². The van der Waals surface area contributed by atoms with E-state index in [0.29, 0.717) is 16.9 Å². The molecule has 0 fully saturated rings. The van der Waals surface area contributed by atoms with Gasteiger partial charge in [0.15, 0.2) is 0 Å². The average molecular weight is 366 g/mol. The van der Waals surface area contributed by atoms with Gasteiger partial charge in [-0.3, -0.25) is 9.48 Å². The van der Waals surface area contributed by atoms with E-state index in [9.17, 15) is 4.79 Å². The number of nitriles is 1. The molecular weight excluding hydrogens is 355 g/mol. The number of hydrogen-bond acceptors (Lipinski definition) is 3. The van der Waals surface area contributed by atoms with E-state index in [0.717, 1.165) is 9.13 Å². The first-order valence-electron chi connectivity index (χ1n) is 5.53. The Labute approximate surface area is 124 Å². The molecule has 0 unspecified atom stereocenters. The summed E-state index contributed by atoms with van der Waals surface area (Å²) in [4.78, 5) is 12.2. The Kier molecular flexibility index (Phi) is 3.85. The van der Waals surface area contributed by atoms with Crippen molar-refractivity contribution in [2.75, 3.05) is 5.32 Å². The summed E-state index contributed by atoms with van der Waals surface area (Å²) in [5.74, 6) is 0.165. The summed E-state index contributed by atoms with van der Waals surface area (Å²) in [7, 11) is 1.68. The predicted molar refractivity (Wildman–Crippen MR) is 79.8 cm³/mol. The number of aromatic nitrogens is 2. The van der Waals surface area contributed by atoms with E-state index in [1.807, 2.05) is 25.1 Å². The number of aryl methyl sites for hydroxylation is 2. The van der Waals surface area contributed by atoms with E-state index >= 15 is 0 Å². The van der Waals surface area contributed by atoms with Crippen LogP contribution in [0.15, 0.2) is 24.4 Å². The minimum absolute atomic E-state index is 0.242. The molecule has 1 aromatic carbocycles. The number of rotatable bonds is 2. The summed E-state index contributed by atoms with van der Waals surface area (Å²) < 4.78 is 2.37. The minimum Gasteiger partial charge on any atom is -0.306 e. The average Bonchev–Trinajstić information content (AvgIpc) is 2.74. The summed E-state index contributed by atoms with van der Waals surface area (Å²) in [6, 6.07) is 7.54. The van der Waals surface area contributed by atoms with Gasteiger partial charge in [-0.15, -0.1) is 0 Å². The van der Waals surface area contributed by atoms with Crippen molar-refractivity contribution in [2.24, 2.45) is 7.05 Å². The lowest BCUT2D eigenvalue weighted by Crippen LogP contribution is -2.17. The van der Waals surface area contributed by atoms with Crippen molar-refractivity contribution in [3.05, 3.63) is 44.7 Å². The van der Waals surface area contributed by atoms with Crippen molar-refractivity contribution >= 4 is 34.3 Å². The minimum atomic E-state index is -0.242. The first-order valence-corrected chi connectivity index (χ1v) is 6.61. The van der Waals surface area contributed by atoms with Gasteiger partial charge in [-0.2, -0.15) is 10.4 Å². The molecule has 0 atom stereocenters. The fourth-order valence-electron chi connectivity index (χ4n) is 1.67. The molecule has 0 saturated heterocycles. The van der Waals surface area contributed by atoms with Crippen LogP contribution < -0.4 is 5.32 Å². The van der Waals surface area contributed by atoms with E-state index in [1.165, 1.54) is 10.9 Å². The van der Waals surface area contributed by atoms with Gasteiger partial charge in [0.25, 0.3) is 5.91 Å². The second-order valence-electron chi connectivity index (χ2n) is 4.03. The largest absolute Gasteiger partial charge is 0.306 e. The van der Waals surface area contributed by atoms with Gasteiger partial charge in [0.1, 0.15) is 17.5 Å². The molecule has 0 aliphatic heterocycles. The first kappa shape index (κ1) is 13.5. The van der Waals surface area contributed by atoms with Crippen molar-refractivity contribution in [3.8, 4) is 6.07 Å². The van der Waals surface area contributed by atoms with E-state index in [2.05, 4.69) is 33.0 Å². The number of halogens is 1. The first-order chi connectivity index (χ1) is 9.04. The van der Waals surface area contributed by atoms with Crippen molar-refractivity contribution in [1.29, 1.82) is 5.26 Å². The number of nitrogens with zero attached hydrogens (tertiary/aromatic N) is 3. The number of benzene rings is 1. The van der Waals surface area contributed by atoms with Crippen molar-refractivity contribution < 1.29 is 4.79 Å². The van der Waals surface area contributed by atoms with Crippen LogP contribution in [0.4, 0.5) is 5.82 Å². The zero-order valence-corrected chi connectivity index (χ0v) is 12.6. The molecular formula is C13H11IN4O. The highest BCUT2D eigenvalue weighted by Gasteiger charge is 2.15. The van der Waals surface area contributed by atoms with E-state index < -0.39 is 0 Å². The van der Waals surface area contributed by atoms with Gasteiger partial charge in [-0.05, 0) is 41.1 Å². The summed E-state index contributed by atoms with van der Waals surface area (Å²) in [6.45, 7) is 1.95. The SMILES string of the molecule is Cc1cccc(C(=O)Nc2c(C#N)cnn2C)c1I. The van der Waals surface area contributed by atoms with E-state index in [4.69, 9.17) is 5.26 Å². The van der Waals surface area contributed by atoms with Gasteiger partial charge in [-0.1, -0.05) is 12.1 Å². The highest BCUT2D eigenvalue weighted by Crippen LogP contribution is 2.19. The number of hydrogen-bond donors (Lipinski definition) is 1. The monoisotopic (exact) mass is 366 g/mol. The van der Waals surface area contributed by atoms with Crippen molar-refractivity contribution in [1.82, 2.24) is 9.78 Å². The summed E-state index contributed by atoms with van der Waals surface area (Å²) in [5.41, 5.74) is 1.97. The molecule has 96 valence electrons. The van der Waals surface area contributed by atoms with Crippen LogP contribution in [0.1, 0.15) is 21.5 Å². The molecule has 5 nitrogen and oxygen atoms in total. The maximum Gasteiger partial charge on any atom is 0.257 e. The molecule has 0 saturated carbocycles. The number of carbonyl (C=O) groups excluding carboxylic acids is 1. The van der Waals surface area contributed by atoms with Gasteiger partial charge in [0.05, 0.1) is 11.8 Å². The third kappa shape index (κ3) is 2.61. The topological polar surface area (TPSA) is 70.7 Å². The third-order valence-corrected chi connectivity index (χ3v) is 4.16. The molecule has 0 spiro atoms. The molecule has 0 bridgehead atoms. The fraction of sp³-hybridized carbons (Fsp3) is 0.154. The summed E-state index contributed by atoms with van der Waals surface area (Å²) in [5, 5.41) is 15.6. The Bertz CT molecular complexity index is 684. The van der Waals surface area contributed by atoms with Crippen LogP contribution in [0.5, 0.6) is 0 Å². The third-order valence-electron chi connectivity index (χ3n) is 2.73. The second kappa shape index (κ2) is 5.40.